The lowest BCUT2D eigenvalue weighted by atomic mass is 10.2. The Labute approximate surface area is 100 Å². The van der Waals surface area contributed by atoms with Gasteiger partial charge in [-0.2, -0.15) is 0 Å². The van der Waals surface area contributed by atoms with Crippen LogP contribution in [0, 0.1) is 0 Å². The van der Waals surface area contributed by atoms with Crippen LogP contribution in [-0.4, -0.2) is 19.5 Å². The molecule has 1 atom stereocenters. The first-order chi connectivity index (χ1) is 7.93. The summed E-state index contributed by atoms with van der Waals surface area (Å²) in [5.41, 5.74) is 0. The Morgan fingerprint density at radius 2 is 2.06 bits per heavy atom. The first-order valence-electron chi connectivity index (χ1n) is 6.81. The first kappa shape index (κ1) is 13.7. The van der Waals surface area contributed by atoms with Gasteiger partial charge in [0.05, 0.1) is 6.61 Å². The van der Waals surface area contributed by atoms with Crippen LogP contribution >= 0.6 is 0 Å². The molecule has 0 radical (unpaired) electrons. The van der Waals surface area contributed by atoms with Crippen LogP contribution in [0.5, 0.6) is 0 Å². The van der Waals surface area contributed by atoms with Gasteiger partial charge in [-0.3, -0.25) is 0 Å². The SMILES string of the molecule is CCCCCC=CCCOC1CCCCO1. The fourth-order valence-corrected chi connectivity index (χ4v) is 1.86. The zero-order chi connectivity index (χ0) is 11.5. The van der Waals surface area contributed by atoms with Crippen molar-refractivity contribution < 1.29 is 9.47 Å². The second-order valence-corrected chi connectivity index (χ2v) is 4.42. The highest BCUT2D eigenvalue weighted by molar-refractivity contribution is 4.81. The van der Waals surface area contributed by atoms with Crippen molar-refractivity contribution >= 4 is 0 Å². The second-order valence-electron chi connectivity index (χ2n) is 4.42. The van der Waals surface area contributed by atoms with Crippen LogP contribution in [-0.2, 0) is 9.47 Å². The summed E-state index contributed by atoms with van der Waals surface area (Å²) in [4.78, 5) is 0. The van der Waals surface area contributed by atoms with Gasteiger partial charge in [0.2, 0.25) is 0 Å². The smallest absolute Gasteiger partial charge is 0.157 e. The highest BCUT2D eigenvalue weighted by Crippen LogP contribution is 2.13. The highest BCUT2D eigenvalue weighted by Gasteiger charge is 2.12. The van der Waals surface area contributed by atoms with E-state index in [-0.39, 0.29) is 6.29 Å². The lowest BCUT2D eigenvalue weighted by Gasteiger charge is -2.22. The standard InChI is InChI=1S/C14H26O2/c1-2-3-4-5-6-7-9-12-15-14-11-8-10-13-16-14/h6-7,14H,2-5,8-13H2,1H3. The van der Waals surface area contributed by atoms with Crippen LogP contribution in [0.25, 0.3) is 0 Å². The predicted molar refractivity (Wildman–Crippen MR) is 67.4 cm³/mol. The molecule has 1 saturated heterocycles. The number of rotatable bonds is 8. The van der Waals surface area contributed by atoms with Crippen molar-refractivity contribution in [3.05, 3.63) is 12.2 Å². The van der Waals surface area contributed by atoms with Gasteiger partial charge in [-0.25, -0.2) is 0 Å². The zero-order valence-electron chi connectivity index (χ0n) is 10.6. The minimum Gasteiger partial charge on any atom is -0.353 e. The molecule has 1 rings (SSSR count). The summed E-state index contributed by atoms with van der Waals surface area (Å²) in [6, 6.07) is 0. The lowest BCUT2D eigenvalue weighted by Crippen LogP contribution is -2.22. The average Bonchev–Trinajstić information content (AvgIpc) is 2.34. The molecule has 1 aliphatic rings. The molecule has 2 heteroatoms. The molecule has 94 valence electrons. The van der Waals surface area contributed by atoms with E-state index >= 15 is 0 Å². The molecule has 1 aliphatic heterocycles. The van der Waals surface area contributed by atoms with Crippen molar-refractivity contribution in [1.29, 1.82) is 0 Å². The van der Waals surface area contributed by atoms with Crippen molar-refractivity contribution in [2.45, 2.75) is 64.6 Å². The minimum atomic E-state index is 0.0715. The Morgan fingerprint density at radius 3 is 2.81 bits per heavy atom. The summed E-state index contributed by atoms with van der Waals surface area (Å²) in [6.07, 6.45) is 14.3. The summed E-state index contributed by atoms with van der Waals surface area (Å²) in [5.74, 6) is 0. The molecule has 0 aromatic carbocycles. The van der Waals surface area contributed by atoms with Gasteiger partial charge in [-0.1, -0.05) is 31.9 Å². The zero-order valence-corrected chi connectivity index (χ0v) is 10.6. The minimum absolute atomic E-state index is 0.0715. The molecule has 1 unspecified atom stereocenters. The quantitative estimate of drug-likeness (QED) is 0.459. The topological polar surface area (TPSA) is 18.5 Å². The fraction of sp³-hybridized carbons (Fsp3) is 0.857. The van der Waals surface area contributed by atoms with Crippen LogP contribution in [0.1, 0.15) is 58.3 Å². The van der Waals surface area contributed by atoms with Gasteiger partial charge < -0.3 is 9.47 Å². The molecular formula is C14H26O2. The molecule has 0 aromatic rings. The van der Waals surface area contributed by atoms with Gasteiger partial charge in [-0.05, 0) is 38.5 Å². The Morgan fingerprint density at radius 1 is 1.19 bits per heavy atom. The average molecular weight is 226 g/mol. The molecule has 0 aromatic heterocycles. The number of ether oxygens (including phenoxy) is 2. The Balaban J connectivity index is 1.86. The number of hydrogen-bond donors (Lipinski definition) is 0. The Hall–Kier alpha value is -0.340. The van der Waals surface area contributed by atoms with Crippen LogP contribution in [0.3, 0.4) is 0 Å². The molecule has 0 amide bonds. The van der Waals surface area contributed by atoms with E-state index in [1.54, 1.807) is 0 Å². The molecule has 0 N–H and O–H groups in total. The summed E-state index contributed by atoms with van der Waals surface area (Å²) in [6.45, 7) is 3.91. The third-order valence-corrected chi connectivity index (χ3v) is 2.87. The molecular weight excluding hydrogens is 200 g/mol. The van der Waals surface area contributed by atoms with Crippen molar-refractivity contribution in [3.8, 4) is 0 Å². The Kier molecular flexibility index (Phi) is 8.45. The van der Waals surface area contributed by atoms with Crippen LogP contribution in [0.4, 0.5) is 0 Å². The van der Waals surface area contributed by atoms with E-state index in [0.717, 1.165) is 26.1 Å². The summed E-state index contributed by atoms with van der Waals surface area (Å²) < 4.78 is 11.1. The van der Waals surface area contributed by atoms with Crippen molar-refractivity contribution in [1.82, 2.24) is 0 Å². The van der Waals surface area contributed by atoms with Crippen LogP contribution in [0.2, 0.25) is 0 Å². The van der Waals surface area contributed by atoms with Crippen molar-refractivity contribution in [3.63, 3.8) is 0 Å². The van der Waals surface area contributed by atoms with Gasteiger partial charge in [0.1, 0.15) is 0 Å². The van der Waals surface area contributed by atoms with E-state index in [1.807, 2.05) is 0 Å². The molecule has 0 aliphatic carbocycles. The van der Waals surface area contributed by atoms with E-state index in [1.165, 1.54) is 38.5 Å². The molecule has 1 heterocycles. The summed E-state index contributed by atoms with van der Waals surface area (Å²) in [5, 5.41) is 0. The van der Waals surface area contributed by atoms with Crippen LogP contribution < -0.4 is 0 Å². The van der Waals surface area contributed by atoms with Crippen LogP contribution in [0.15, 0.2) is 12.2 Å². The Bertz CT molecular complexity index is 172. The lowest BCUT2D eigenvalue weighted by molar-refractivity contribution is -0.161. The monoisotopic (exact) mass is 226 g/mol. The molecule has 16 heavy (non-hydrogen) atoms. The summed E-state index contributed by atoms with van der Waals surface area (Å²) in [7, 11) is 0. The van der Waals surface area contributed by atoms with E-state index in [2.05, 4.69) is 19.1 Å². The number of allylic oxidation sites excluding steroid dienone is 1. The van der Waals surface area contributed by atoms with Gasteiger partial charge in [-0.15, -0.1) is 0 Å². The summed E-state index contributed by atoms with van der Waals surface area (Å²) >= 11 is 0. The van der Waals surface area contributed by atoms with Crippen molar-refractivity contribution in [2.75, 3.05) is 13.2 Å². The third kappa shape index (κ3) is 7.02. The predicted octanol–water partition coefficient (Wildman–Crippen LogP) is 4.06. The van der Waals surface area contributed by atoms with Gasteiger partial charge in [0, 0.05) is 6.61 Å². The molecule has 0 bridgehead atoms. The van der Waals surface area contributed by atoms with E-state index in [9.17, 15) is 0 Å². The molecule has 0 spiro atoms. The maximum atomic E-state index is 5.64. The van der Waals surface area contributed by atoms with E-state index in [0.29, 0.717) is 0 Å². The maximum absolute atomic E-state index is 5.64. The van der Waals surface area contributed by atoms with Crippen molar-refractivity contribution in [2.24, 2.45) is 0 Å². The second kappa shape index (κ2) is 9.86. The largest absolute Gasteiger partial charge is 0.353 e. The normalized spacial score (nSPS) is 21.7. The maximum Gasteiger partial charge on any atom is 0.157 e. The molecule has 2 nitrogen and oxygen atoms in total. The third-order valence-electron chi connectivity index (χ3n) is 2.87. The first-order valence-corrected chi connectivity index (χ1v) is 6.81. The number of unbranched alkanes of at least 4 members (excludes halogenated alkanes) is 3. The van der Waals surface area contributed by atoms with Gasteiger partial charge >= 0.3 is 0 Å². The van der Waals surface area contributed by atoms with E-state index in [4.69, 9.17) is 9.47 Å². The van der Waals surface area contributed by atoms with E-state index < -0.39 is 0 Å². The molecule has 0 saturated carbocycles. The highest BCUT2D eigenvalue weighted by atomic mass is 16.7. The fourth-order valence-electron chi connectivity index (χ4n) is 1.86. The number of hydrogen-bond acceptors (Lipinski definition) is 2. The van der Waals surface area contributed by atoms with Gasteiger partial charge in [0.25, 0.3) is 0 Å². The molecule has 1 fully saturated rings. The van der Waals surface area contributed by atoms with Gasteiger partial charge in [0.15, 0.2) is 6.29 Å².